The molecule has 0 spiro atoms. The van der Waals surface area contributed by atoms with Gasteiger partial charge in [-0.3, -0.25) is 4.79 Å². The molecule has 4 heteroatoms. The van der Waals surface area contributed by atoms with Gasteiger partial charge in [-0.2, -0.15) is 11.8 Å². The van der Waals surface area contributed by atoms with Gasteiger partial charge in [-0.15, -0.1) is 0 Å². The van der Waals surface area contributed by atoms with Gasteiger partial charge in [0.05, 0.1) is 11.3 Å². The van der Waals surface area contributed by atoms with Crippen LogP contribution >= 0.6 is 11.8 Å². The summed E-state index contributed by atoms with van der Waals surface area (Å²) in [6, 6.07) is 0. The average Bonchev–Trinajstić information content (AvgIpc) is 2.41. The molecule has 1 aromatic heterocycles. The van der Waals surface area contributed by atoms with E-state index in [1.807, 2.05) is 18.7 Å². The molecule has 1 aromatic rings. The summed E-state index contributed by atoms with van der Waals surface area (Å²) in [4.78, 5) is 19.4. The normalized spacial score (nSPS) is 22.5. The van der Waals surface area contributed by atoms with Crippen molar-refractivity contribution in [3.05, 3.63) is 33.5 Å². The van der Waals surface area contributed by atoms with Crippen LogP contribution in [0.3, 0.4) is 0 Å². The van der Waals surface area contributed by atoms with Gasteiger partial charge in [-0.25, -0.2) is 4.98 Å². The Morgan fingerprint density at radius 1 is 1.26 bits per heavy atom. The summed E-state index contributed by atoms with van der Waals surface area (Å²) in [7, 11) is 0. The van der Waals surface area contributed by atoms with Crippen LogP contribution in [0.4, 0.5) is 0 Å². The molecule has 0 saturated heterocycles. The quantitative estimate of drug-likeness (QED) is 0.856. The maximum Gasteiger partial charge on any atom is 0.255 e. The van der Waals surface area contributed by atoms with Gasteiger partial charge in [0.15, 0.2) is 0 Å². The van der Waals surface area contributed by atoms with E-state index < -0.39 is 0 Å². The lowest BCUT2D eigenvalue weighted by molar-refractivity contribution is 0.420. The molecule has 0 atom stereocenters. The highest BCUT2D eigenvalue weighted by atomic mass is 32.2. The topological polar surface area (TPSA) is 45.8 Å². The number of fused-ring (bicyclic) bond motifs is 1. The molecule has 0 bridgehead atoms. The van der Waals surface area contributed by atoms with Crippen LogP contribution in [0.1, 0.15) is 49.2 Å². The molecular formula is C15H20N2OS. The van der Waals surface area contributed by atoms with Crippen LogP contribution in [-0.4, -0.2) is 15.7 Å². The fourth-order valence-corrected chi connectivity index (χ4v) is 4.08. The number of aromatic amines is 1. The van der Waals surface area contributed by atoms with Crippen molar-refractivity contribution in [3.63, 3.8) is 0 Å². The van der Waals surface area contributed by atoms with E-state index in [-0.39, 0.29) is 5.56 Å². The molecule has 3 rings (SSSR count). The third-order valence-electron chi connectivity index (χ3n) is 4.03. The van der Waals surface area contributed by atoms with Crippen LogP contribution in [0.15, 0.2) is 10.9 Å². The van der Waals surface area contributed by atoms with Gasteiger partial charge in [-0.05, 0) is 31.3 Å². The lowest BCUT2D eigenvalue weighted by atomic mass is 9.87. The van der Waals surface area contributed by atoms with Crippen LogP contribution < -0.4 is 5.56 Å². The van der Waals surface area contributed by atoms with Crippen LogP contribution in [0.2, 0.25) is 0 Å². The van der Waals surface area contributed by atoms with Crippen LogP contribution in [0, 0.1) is 12.8 Å². The predicted octanol–water partition coefficient (Wildman–Crippen LogP) is 3.29. The number of nitrogens with one attached hydrogen (secondary N) is 1. The maximum atomic E-state index is 12.0. The summed E-state index contributed by atoms with van der Waals surface area (Å²) in [5.41, 5.74) is 3.16. The van der Waals surface area contributed by atoms with E-state index in [0.29, 0.717) is 5.92 Å². The highest BCUT2D eigenvalue weighted by Crippen LogP contribution is 2.33. The summed E-state index contributed by atoms with van der Waals surface area (Å²) in [6.07, 6.45) is 9.06. The van der Waals surface area contributed by atoms with Crippen molar-refractivity contribution in [2.24, 2.45) is 5.92 Å². The first-order valence-corrected chi connectivity index (χ1v) is 8.28. The van der Waals surface area contributed by atoms with E-state index in [0.717, 1.165) is 28.6 Å². The fraction of sp³-hybridized carbons (Fsp3) is 0.600. The molecule has 102 valence electrons. The smallest absolute Gasteiger partial charge is 0.255 e. The number of hydrogen-bond donors (Lipinski definition) is 1. The molecule has 1 aliphatic carbocycles. The summed E-state index contributed by atoms with van der Waals surface area (Å²) in [6.45, 7) is 1.86. The summed E-state index contributed by atoms with van der Waals surface area (Å²) in [5, 5.41) is 0. The summed E-state index contributed by atoms with van der Waals surface area (Å²) >= 11 is 1.83. The first-order chi connectivity index (χ1) is 9.24. The van der Waals surface area contributed by atoms with Crippen molar-refractivity contribution >= 4 is 17.3 Å². The largest absolute Gasteiger partial charge is 0.310 e. The number of allylic oxidation sites excluding steroid dienone is 1. The molecule has 3 nitrogen and oxygen atoms in total. The van der Waals surface area contributed by atoms with Crippen LogP contribution in [-0.2, 0) is 5.75 Å². The summed E-state index contributed by atoms with van der Waals surface area (Å²) < 4.78 is 0. The Bertz CT molecular complexity index is 556. The molecule has 2 aliphatic rings. The Labute approximate surface area is 117 Å². The molecule has 0 amide bonds. The zero-order chi connectivity index (χ0) is 13.2. The van der Waals surface area contributed by atoms with Crippen molar-refractivity contribution < 1.29 is 0 Å². The number of aryl methyl sites for hydroxylation is 1. The lowest BCUT2D eigenvalue weighted by Gasteiger charge is -2.22. The molecular weight excluding hydrogens is 256 g/mol. The second kappa shape index (κ2) is 5.53. The van der Waals surface area contributed by atoms with Crippen molar-refractivity contribution in [2.75, 3.05) is 5.75 Å². The minimum atomic E-state index is 0.0456. The van der Waals surface area contributed by atoms with E-state index in [2.05, 4.69) is 16.0 Å². The van der Waals surface area contributed by atoms with Gasteiger partial charge in [0.1, 0.15) is 5.82 Å². The van der Waals surface area contributed by atoms with Crippen molar-refractivity contribution in [2.45, 2.75) is 44.8 Å². The molecule has 2 heterocycles. The molecule has 1 saturated carbocycles. The number of nitrogens with zero attached hydrogens (tertiary/aromatic N) is 1. The molecule has 0 unspecified atom stereocenters. The number of rotatable bonds is 1. The second-order valence-electron chi connectivity index (χ2n) is 5.56. The third kappa shape index (κ3) is 2.78. The van der Waals surface area contributed by atoms with Crippen LogP contribution in [0.5, 0.6) is 0 Å². The Morgan fingerprint density at radius 2 is 2.05 bits per heavy atom. The van der Waals surface area contributed by atoms with E-state index in [4.69, 9.17) is 0 Å². The van der Waals surface area contributed by atoms with E-state index in [1.54, 1.807) is 0 Å². The Hall–Kier alpha value is -1.03. The number of aromatic nitrogens is 2. The van der Waals surface area contributed by atoms with Gasteiger partial charge < -0.3 is 4.98 Å². The highest BCUT2D eigenvalue weighted by molar-refractivity contribution is 7.99. The van der Waals surface area contributed by atoms with E-state index >= 15 is 0 Å². The van der Waals surface area contributed by atoms with Gasteiger partial charge in [0.25, 0.3) is 5.56 Å². The molecule has 19 heavy (non-hydrogen) atoms. The first kappa shape index (κ1) is 13.0. The number of thioether (sulfide) groups is 1. The molecule has 1 aliphatic heterocycles. The van der Waals surface area contributed by atoms with E-state index in [9.17, 15) is 4.79 Å². The molecule has 0 radical (unpaired) electrons. The maximum absolute atomic E-state index is 12.0. The minimum absolute atomic E-state index is 0.0456. The Balaban J connectivity index is 1.97. The molecule has 1 N–H and O–H groups in total. The number of hydrogen-bond acceptors (Lipinski definition) is 3. The third-order valence-corrected chi connectivity index (χ3v) is 5.04. The summed E-state index contributed by atoms with van der Waals surface area (Å²) in [5.74, 6) is 3.21. The fourth-order valence-electron chi connectivity index (χ4n) is 3.05. The van der Waals surface area contributed by atoms with E-state index in [1.165, 1.54) is 37.7 Å². The van der Waals surface area contributed by atoms with Crippen molar-refractivity contribution in [1.29, 1.82) is 0 Å². The van der Waals surface area contributed by atoms with Gasteiger partial charge in [0, 0.05) is 11.5 Å². The standard InChI is InChI=1S/C15H20N2OS/c1-10-16-14-12(7-11-5-3-2-4-6-11)8-19-9-13(14)15(18)17-10/h7,11H,2-6,8-9H2,1H3,(H,16,17,18)/b12-7-. The van der Waals surface area contributed by atoms with Gasteiger partial charge >= 0.3 is 0 Å². The van der Waals surface area contributed by atoms with Crippen molar-refractivity contribution in [1.82, 2.24) is 9.97 Å². The zero-order valence-electron chi connectivity index (χ0n) is 11.4. The average molecular weight is 276 g/mol. The monoisotopic (exact) mass is 276 g/mol. The van der Waals surface area contributed by atoms with Crippen LogP contribution in [0.25, 0.3) is 5.57 Å². The van der Waals surface area contributed by atoms with Gasteiger partial charge in [0.2, 0.25) is 0 Å². The predicted molar refractivity (Wildman–Crippen MR) is 80.3 cm³/mol. The molecule has 0 aromatic carbocycles. The van der Waals surface area contributed by atoms with Gasteiger partial charge in [-0.1, -0.05) is 25.3 Å². The highest BCUT2D eigenvalue weighted by Gasteiger charge is 2.21. The lowest BCUT2D eigenvalue weighted by Crippen LogP contribution is -2.21. The number of H-pyrrole nitrogens is 1. The SMILES string of the molecule is Cc1nc2c(c(=O)[nH]1)CSC/C2=C/C1CCCCC1. The minimum Gasteiger partial charge on any atom is -0.310 e. The zero-order valence-corrected chi connectivity index (χ0v) is 12.2. The molecule has 1 fully saturated rings. The Kier molecular flexibility index (Phi) is 3.78. The first-order valence-electron chi connectivity index (χ1n) is 7.12. The second-order valence-corrected chi connectivity index (χ2v) is 6.55. The van der Waals surface area contributed by atoms with Crippen molar-refractivity contribution in [3.8, 4) is 0 Å². The Morgan fingerprint density at radius 3 is 2.84 bits per heavy atom.